The molecule has 148 valence electrons. The maximum Gasteiger partial charge on any atom is 0.244 e. The second-order valence-electron chi connectivity index (χ2n) is 7.02. The molecule has 29 heavy (non-hydrogen) atoms. The number of hydrogen-bond acceptors (Lipinski definition) is 4. The first kappa shape index (κ1) is 19.7. The molecule has 0 bridgehead atoms. The number of anilines is 1. The van der Waals surface area contributed by atoms with E-state index in [-0.39, 0.29) is 36.1 Å². The summed E-state index contributed by atoms with van der Waals surface area (Å²) in [5.74, 6) is -1.53. The zero-order valence-corrected chi connectivity index (χ0v) is 17.1. The van der Waals surface area contributed by atoms with Gasteiger partial charge in [0.05, 0.1) is 17.5 Å². The quantitative estimate of drug-likeness (QED) is 0.569. The first-order valence-electron chi connectivity index (χ1n) is 9.35. The molecule has 1 aliphatic heterocycles. The molecule has 1 heterocycles. The number of carbonyl (C=O) groups is 3. The molecule has 0 spiro atoms. The van der Waals surface area contributed by atoms with Crippen molar-refractivity contribution in [2.75, 3.05) is 11.9 Å². The van der Waals surface area contributed by atoms with Crippen molar-refractivity contribution in [3.8, 4) is 0 Å². The predicted octanol–water partition coefficient (Wildman–Crippen LogP) is 4.38. The van der Waals surface area contributed by atoms with E-state index in [1.54, 1.807) is 6.07 Å². The number of likely N-dealkylation sites (tertiary alicyclic amines) is 1. The lowest BCUT2D eigenvalue weighted by atomic mass is 9.85. The van der Waals surface area contributed by atoms with Crippen LogP contribution in [-0.2, 0) is 14.4 Å². The van der Waals surface area contributed by atoms with Crippen LogP contribution in [0.25, 0.3) is 0 Å². The maximum absolute atomic E-state index is 12.6. The summed E-state index contributed by atoms with van der Waals surface area (Å²) < 4.78 is 0. The molecule has 7 heteroatoms. The van der Waals surface area contributed by atoms with Gasteiger partial charge in [-0.05, 0) is 49.2 Å². The van der Waals surface area contributed by atoms with Gasteiger partial charge in [-0.25, -0.2) is 0 Å². The molecule has 2 aromatic rings. The summed E-state index contributed by atoms with van der Waals surface area (Å²) in [7, 11) is 0. The first-order chi connectivity index (χ1) is 14.0. The lowest BCUT2D eigenvalue weighted by Crippen LogP contribution is -2.38. The zero-order chi connectivity index (χ0) is 20.4. The smallest absolute Gasteiger partial charge is 0.244 e. The SMILES string of the molecule is O=C(CN1C(=O)[C@H]2CC=CC[C@@H]2C1=O)Nc1ccccc1Sc1ccc(Cl)cc1. The fourth-order valence-corrected chi connectivity index (χ4v) is 4.67. The molecular formula is C22H19ClN2O3S. The monoisotopic (exact) mass is 426 g/mol. The Morgan fingerprint density at radius 1 is 1.00 bits per heavy atom. The topological polar surface area (TPSA) is 66.5 Å². The molecule has 4 rings (SSSR count). The number of hydrogen-bond donors (Lipinski definition) is 1. The first-order valence-corrected chi connectivity index (χ1v) is 10.5. The van der Waals surface area contributed by atoms with Gasteiger partial charge in [-0.1, -0.05) is 47.6 Å². The number of nitrogens with one attached hydrogen (secondary N) is 1. The Morgan fingerprint density at radius 2 is 1.62 bits per heavy atom. The number of fused-ring (bicyclic) bond motifs is 1. The number of carbonyl (C=O) groups excluding carboxylic acids is 3. The van der Waals surface area contributed by atoms with E-state index in [0.29, 0.717) is 23.6 Å². The standard InChI is InChI=1S/C22H19ClN2O3S/c23-14-9-11-15(12-10-14)29-19-8-4-3-7-18(19)24-20(26)13-25-21(27)16-5-1-2-6-17(16)22(25)28/h1-4,7-12,16-17H,5-6,13H2,(H,24,26)/t16-,17-/m0/s1. The van der Waals surface area contributed by atoms with Gasteiger partial charge in [0.1, 0.15) is 6.54 Å². The summed E-state index contributed by atoms with van der Waals surface area (Å²) in [5.41, 5.74) is 0.635. The Balaban J connectivity index is 1.44. The van der Waals surface area contributed by atoms with Crippen LogP contribution in [-0.4, -0.2) is 29.2 Å². The van der Waals surface area contributed by atoms with Gasteiger partial charge in [0, 0.05) is 14.8 Å². The Bertz CT molecular complexity index is 964. The summed E-state index contributed by atoms with van der Waals surface area (Å²) >= 11 is 7.43. The summed E-state index contributed by atoms with van der Waals surface area (Å²) in [6, 6.07) is 14.8. The number of halogens is 1. The summed E-state index contributed by atoms with van der Waals surface area (Å²) in [6.45, 7) is -0.259. The fraction of sp³-hybridized carbons (Fsp3) is 0.227. The van der Waals surface area contributed by atoms with Gasteiger partial charge in [0.15, 0.2) is 0 Å². The van der Waals surface area contributed by atoms with Crippen LogP contribution in [0.15, 0.2) is 70.5 Å². The lowest BCUT2D eigenvalue weighted by Gasteiger charge is -2.16. The van der Waals surface area contributed by atoms with Gasteiger partial charge in [-0.3, -0.25) is 19.3 Å². The molecule has 5 nitrogen and oxygen atoms in total. The van der Waals surface area contributed by atoms with Gasteiger partial charge < -0.3 is 5.32 Å². The van der Waals surface area contributed by atoms with Crippen molar-refractivity contribution < 1.29 is 14.4 Å². The van der Waals surface area contributed by atoms with Crippen LogP contribution in [0.5, 0.6) is 0 Å². The van der Waals surface area contributed by atoms with Crippen molar-refractivity contribution in [2.45, 2.75) is 22.6 Å². The van der Waals surface area contributed by atoms with Crippen molar-refractivity contribution in [2.24, 2.45) is 11.8 Å². The minimum atomic E-state index is -0.387. The van der Waals surface area contributed by atoms with Gasteiger partial charge in [-0.15, -0.1) is 0 Å². The normalized spacial score (nSPS) is 20.7. The molecule has 1 aliphatic carbocycles. The Hall–Kier alpha value is -2.57. The molecule has 0 aromatic heterocycles. The minimum Gasteiger partial charge on any atom is -0.323 e. The van der Waals surface area contributed by atoms with E-state index in [1.165, 1.54) is 11.8 Å². The number of nitrogens with zero attached hydrogens (tertiary/aromatic N) is 1. The average molecular weight is 427 g/mol. The van der Waals surface area contributed by atoms with Gasteiger partial charge in [-0.2, -0.15) is 0 Å². The highest BCUT2D eigenvalue weighted by molar-refractivity contribution is 7.99. The highest BCUT2D eigenvalue weighted by Crippen LogP contribution is 2.36. The molecule has 2 aliphatic rings. The molecule has 2 aromatic carbocycles. The summed E-state index contributed by atoms with van der Waals surface area (Å²) in [5, 5.41) is 3.50. The van der Waals surface area contributed by atoms with Crippen LogP contribution >= 0.6 is 23.4 Å². The van der Waals surface area contributed by atoms with Crippen LogP contribution in [0.3, 0.4) is 0 Å². The van der Waals surface area contributed by atoms with Crippen LogP contribution in [0.1, 0.15) is 12.8 Å². The number of rotatable bonds is 5. The van der Waals surface area contributed by atoms with E-state index < -0.39 is 0 Å². The lowest BCUT2D eigenvalue weighted by molar-refractivity contribution is -0.142. The van der Waals surface area contributed by atoms with E-state index >= 15 is 0 Å². The van der Waals surface area contributed by atoms with Gasteiger partial charge in [0.25, 0.3) is 0 Å². The molecule has 1 saturated heterocycles. The highest BCUT2D eigenvalue weighted by Gasteiger charge is 2.47. The van der Waals surface area contributed by atoms with Crippen LogP contribution < -0.4 is 5.32 Å². The number of amides is 3. The zero-order valence-electron chi connectivity index (χ0n) is 15.5. The largest absolute Gasteiger partial charge is 0.323 e. The Morgan fingerprint density at radius 3 is 2.28 bits per heavy atom. The minimum absolute atomic E-state index is 0.247. The number of para-hydroxylation sites is 1. The van der Waals surface area contributed by atoms with Crippen molar-refractivity contribution in [1.82, 2.24) is 4.90 Å². The van der Waals surface area contributed by atoms with Gasteiger partial charge in [0.2, 0.25) is 17.7 Å². The number of imide groups is 1. The van der Waals surface area contributed by atoms with E-state index in [9.17, 15) is 14.4 Å². The van der Waals surface area contributed by atoms with Crippen molar-refractivity contribution >= 4 is 46.8 Å². The summed E-state index contributed by atoms with van der Waals surface area (Å²) in [4.78, 5) is 40.7. The molecule has 0 radical (unpaired) electrons. The van der Waals surface area contributed by atoms with Crippen molar-refractivity contribution in [3.63, 3.8) is 0 Å². The Labute approximate surface area is 178 Å². The molecule has 1 N–H and O–H groups in total. The average Bonchev–Trinajstić information content (AvgIpc) is 2.96. The third kappa shape index (κ3) is 4.23. The molecular weight excluding hydrogens is 408 g/mol. The van der Waals surface area contributed by atoms with Crippen molar-refractivity contribution in [1.29, 1.82) is 0 Å². The van der Waals surface area contributed by atoms with Gasteiger partial charge >= 0.3 is 0 Å². The van der Waals surface area contributed by atoms with E-state index in [1.807, 2.05) is 54.6 Å². The third-order valence-electron chi connectivity index (χ3n) is 5.10. The summed E-state index contributed by atoms with van der Waals surface area (Å²) in [6.07, 6.45) is 4.99. The maximum atomic E-state index is 12.6. The highest BCUT2D eigenvalue weighted by atomic mass is 35.5. The van der Waals surface area contributed by atoms with Crippen LogP contribution in [0.2, 0.25) is 5.02 Å². The van der Waals surface area contributed by atoms with E-state index in [4.69, 9.17) is 11.6 Å². The molecule has 2 atom stereocenters. The number of benzene rings is 2. The fourth-order valence-electron chi connectivity index (χ4n) is 3.65. The van der Waals surface area contributed by atoms with E-state index in [2.05, 4.69) is 5.32 Å². The van der Waals surface area contributed by atoms with Crippen LogP contribution in [0.4, 0.5) is 5.69 Å². The molecule has 3 amide bonds. The predicted molar refractivity (Wildman–Crippen MR) is 113 cm³/mol. The van der Waals surface area contributed by atoms with E-state index in [0.717, 1.165) is 14.7 Å². The molecule has 0 saturated carbocycles. The third-order valence-corrected chi connectivity index (χ3v) is 6.44. The molecule has 1 fully saturated rings. The Kier molecular flexibility index (Phi) is 5.74. The van der Waals surface area contributed by atoms with Crippen LogP contribution in [0, 0.1) is 11.8 Å². The number of allylic oxidation sites excluding steroid dienone is 2. The second-order valence-corrected chi connectivity index (χ2v) is 8.57. The second kappa shape index (κ2) is 8.43. The molecule has 0 unspecified atom stereocenters. The van der Waals surface area contributed by atoms with Crippen molar-refractivity contribution in [3.05, 3.63) is 65.7 Å².